The van der Waals surface area contributed by atoms with Crippen molar-refractivity contribution < 1.29 is 0 Å². The summed E-state index contributed by atoms with van der Waals surface area (Å²) < 4.78 is 0. The van der Waals surface area contributed by atoms with Crippen LogP contribution in [-0.4, -0.2) is 24.5 Å². The Morgan fingerprint density at radius 1 is 1.05 bits per heavy atom. The maximum Gasteiger partial charge on any atom is 0.0481 e. The zero-order valence-electron chi connectivity index (χ0n) is 12.9. The van der Waals surface area contributed by atoms with Crippen molar-refractivity contribution in [1.29, 1.82) is 0 Å². The van der Waals surface area contributed by atoms with E-state index in [2.05, 4.69) is 43.3 Å². The molecule has 1 aromatic carbocycles. The third kappa shape index (κ3) is 2.29. The maximum atomic E-state index is 6.67. The first-order chi connectivity index (χ1) is 9.63. The second-order valence-corrected chi connectivity index (χ2v) is 6.98. The zero-order valence-corrected chi connectivity index (χ0v) is 12.9. The van der Waals surface area contributed by atoms with Gasteiger partial charge in [-0.3, -0.25) is 0 Å². The molecule has 1 atom stereocenters. The summed E-state index contributed by atoms with van der Waals surface area (Å²) in [7, 11) is 4.38. The van der Waals surface area contributed by atoms with E-state index >= 15 is 0 Å². The average Bonchev–Trinajstić information content (AvgIpc) is 2.87. The van der Waals surface area contributed by atoms with E-state index in [1.807, 2.05) is 0 Å². The van der Waals surface area contributed by atoms with Crippen molar-refractivity contribution in [3.8, 4) is 0 Å². The molecule has 2 aliphatic carbocycles. The van der Waals surface area contributed by atoms with Crippen LogP contribution in [0.4, 0.5) is 0 Å². The topological polar surface area (TPSA) is 29.3 Å². The summed E-state index contributed by atoms with van der Waals surface area (Å²) in [5, 5.41) is 0. The van der Waals surface area contributed by atoms with Crippen LogP contribution in [0.1, 0.15) is 68.0 Å². The molecule has 20 heavy (non-hydrogen) atoms. The Bertz CT molecular complexity index is 439. The summed E-state index contributed by atoms with van der Waals surface area (Å²) in [4.78, 5) is 2.37. The van der Waals surface area contributed by atoms with Crippen LogP contribution in [0.3, 0.4) is 0 Å². The van der Waals surface area contributed by atoms with Crippen LogP contribution in [0.25, 0.3) is 0 Å². The maximum absolute atomic E-state index is 6.67. The third-order valence-electron chi connectivity index (χ3n) is 5.81. The van der Waals surface area contributed by atoms with Crippen LogP contribution in [0.5, 0.6) is 0 Å². The molecule has 0 saturated heterocycles. The number of hydrogen-bond donors (Lipinski definition) is 1. The predicted octanol–water partition coefficient (Wildman–Crippen LogP) is 3.83. The van der Waals surface area contributed by atoms with Gasteiger partial charge in [-0.25, -0.2) is 0 Å². The highest BCUT2D eigenvalue weighted by Gasteiger charge is 2.42. The Labute approximate surface area is 123 Å². The minimum atomic E-state index is 0.135. The highest BCUT2D eigenvalue weighted by Crippen LogP contribution is 2.43. The van der Waals surface area contributed by atoms with Gasteiger partial charge in [0.05, 0.1) is 0 Å². The summed E-state index contributed by atoms with van der Waals surface area (Å²) >= 11 is 0. The lowest BCUT2D eigenvalue weighted by atomic mass is 9.78. The summed E-state index contributed by atoms with van der Waals surface area (Å²) in [5.74, 6) is 0.814. The highest BCUT2D eigenvalue weighted by atomic mass is 15.2. The van der Waals surface area contributed by atoms with Crippen LogP contribution in [0.15, 0.2) is 24.3 Å². The Morgan fingerprint density at radius 3 is 2.10 bits per heavy atom. The first-order valence-corrected chi connectivity index (χ1v) is 8.16. The van der Waals surface area contributed by atoms with Crippen molar-refractivity contribution in [3.05, 3.63) is 35.4 Å². The van der Waals surface area contributed by atoms with E-state index in [4.69, 9.17) is 5.73 Å². The zero-order chi connectivity index (χ0) is 14.2. The first kappa shape index (κ1) is 14.1. The second kappa shape index (κ2) is 5.50. The highest BCUT2D eigenvalue weighted by molar-refractivity contribution is 5.30. The van der Waals surface area contributed by atoms with Gasteiger partial charge in [-0.05, 0) is 56.8 Å². The molecule has 2 saturated carbocycles. The van der Waals surface area contributed by atoms with Gasteiger partial charge in [0, 0.05) is 11.6 Å². The Kier molecular flexibility index (Phi) is 3.87. The van der Waals surface area contributed by atoms with Crippen molar-refractivity contribution in [3.63, 3.8) is 0 Å². The summed E-state index contributed by atoms with van der Waals surface area (Å²) in [6, 6.07) is 9.33. The van der Waals surface area contributed by atoms with Gasteiger partial charge in [-0.1, -0.05) is 43.5 Å². The minimum absolute atomic E-state index is 0.135. The number of hydrogen-bond acceptors (Lipinski definition) is 2. The fourth-order valence-corrected chi connectivity index (χ4v) is 4.05. The molecule has 0 spiro atoms. The van der Waals surface area contributed by atoms with E-state index in [1.54, 1.807) is 0 Å². The molecule has 0 amide bonds. The van der Waals surface area contributed by atoms with Gasteiger partial charge in [-0.15, -0.1) is 0 Å². The van der Waals surface area contributed by atoms with Crippen LogP contribution in [-0.2, 0) is 0 Å². The lowest BCUT2D eigenvalue weighted by molar-refractivity contribution is 0.123. The molecule has 0 heterocycles. The van der Waals surface area contributed by atoms with E-state index in [0.29, 0.717) is 0 Å². The van der Waals surface area contributed by atoms with Crippen molar-refractivity contribution in [2.75, 3.05) is 14.1 Å². The van der Waals surface area contributed by atoms with Gasteiger partial charge in [0.2, 0.25) is 0 Å². The molecular formula is C18H28N2. The molecule has 1 unspecified atom stereocenters. The molecule has 0 aliphatic heterocycles. The fourth-order valence-electron chi connectivity index (χ4n) is 4.05. The largest absolute Gasteiger partial charge is 0.322 e. The minimum Gasteiger partial charge on any atom is -0.322 e. The number of benzene rings is 1. The summed E-state index contributed by atoms with van der Waals surface area (Å²) in [5.41, 5.74) is 9.65. The Morgan fingerprint density at radius 2 is 1.65 bits per heavy atom. The lowest BCUT2D eigenvalue weighted by Gasteiger charge is -2.42. The molecule has 2 aliphatic rings. The van der Waals surface area contributed by atoms with E-state index in [1.165, 1.54) is 56.1 Å². The van der Waals surface area contributed by atoms with E-state index < -0.39 is 0 Å². The molecule has 1 aromatic rings. The molecular weight excluding hydrogens is 244 g/mol. The molecule has 2 nitrogen and oxygen atoms in total. The Hall–Kier alpha value is -0.860. The van der Waals surface area contributed by atoms with Crippen molar-refractivity contribution in [2.24, 2.45) is 5.73 Å². The van der Waals surface area contributed by atoms with Crippen molar-refractivity contribution in [2.45, 2.75) is 62.4 Å². The van der Waals surface area contributed by atoms with Crippen molar-refractivity contribution >= 4 is 0 Å². The summed E-state index contributed by atoms with van der Waals surface area (Å²) in [6.45, 7) is 0. The van der Waals surface area contributed by atoms with Crippen LogP contribution in [0, 0.1) is 0 Å². The monoisotopic (exact) mass is 272 g/mol. The van der Waals surface area contributed by atoms with Gasteiger partial charge in [-0.2, -0.15) is 0 Å². The predicted molar refractivity (Wildman–Crippen MR) is 84.8 cm³/mol. The molecule has 2 fully saturated rings. The first-order valence-electron chi connectivity index (χ1n) is 8.16. The number of nitrogens with zero attached hydrogens (tertiary/aromatic N) is 1. The smallest absolute Gasteiger partial charge is 0.0481 e. The molecule has 0 bridgehead atoms. The van der Waals surface area contributed by atoms with Crippen LogP contribution >= 0.6 is 0 Å². The van der Waals surface area contributed by atoms with Crippen LogP contribution in [0.2, 0.25) is 0 Å². The standard InChI is InChI=1S/C18H28N2/c1-20(2)18(12-3-4-13-18)17(19)16-10-8-15(9-11-16)14-6-5-7-14/h8-11,14,17H,3-7,12-13,19H2,1-2H3. The van der Waals surface area contributed by atoms with Crippen LogP contribution < -0.4 is 5.73 Å². The lowest BCUT2D eigenvalue weighted by Crippen LogP contribution is -2.50. The molecule has 0 aromatic heterocycles. The van der Waals surface area contributed by atoms with Gasteiger partial charge < -0.3 is 10.6 Å². The molecule has 2 heteroatoms. The SMILES string of the molecule is CN(C)C1(C(N)c2ccc(C3CCC3)cc2)CCCC1. The van der Waals surface area contributed by atoms with E-state index in [0.717, 1.165) is 5.92 Å². The van der Waals surface area contributed by atoms with Crippen molar-refractivity contribution in [1.82, 2.24) is 4.90 Å². The van der Waals surface area contributed by atoms with Gasteiger partial charge >= 0.3 is 0 Å². The van der Waals surface area contributed by atoms with E-state index in [9.17, 15) is 0 Å². The molecule has 110 valence electrons. The van der Waals surface area contributed by atoms with Gasteiger partial charge in [0.15, 0.2) is 0 Å². The second-order valence-electron chi connectivity index (χ2n) is 6.98. The summed E-state index contributed by atoms with van der Waals surface area (Å²) in [6.07, 6.45) is 9.21. The number of nitrogens with two attached hydrogens (primary N) is 1. The average molecular weight is 272 g/mol. The van der Waals surface area contributed by atoms with Gasteiger partial charge in [0.25, 0.3) is 0 Å². The normalized spacial score (nSPS) is 23.8. The molecule has 2 N–H and O–H groups in total. The molecule has 0 radical (unpaired) electrons. The Balaban J connectivity index is 1.80. The number of likely N-dealkylation sites (N-methyl/N-ethyl adjacent to an activating group) is 1. The van der Waals surface area contributed by atoms with Gasteiger partial charge in [0.1, 0.15) is 0 Å². The van der Waals surface area contributed by atoms with E-state index in [-0.39, 0.29) is 11.6 Å². The number of rotatable bonds is 4. The quantitative estimate of drug-likeness (QED) is 0.902. The third-order valence-corrected chi connectivity index (χ3v) is 5.81. The fraction of sp³-hybridized carbons (Fsp3) is 0.667. The molecule has 3 rings (SSSR count).